The fourth-order valence-corrected chi connectivity index (χ4v) is 4.80. The maximum atomic E-state index is 12.6. The number of nitriles is 2. The number of carbonyl (C=O) groups is 2. The first kappa shape index (κ1) is 25.9. The van der Waals surface area contributed by atoms with Crippen LogP contribution in [0, 0.1) is 26.2 Å². The number of hydrogen-bond donors (Lipinski definition) is 1. The molecule has 3 aromatic carbocycles. The SMILES string of the molecule is COC(=O)c1ccc(NC(=O)/C(C#N)=C/c2cc(Br)c(OCc3ccccc3C#N)c(I)c2)cc1. The zero-order valence-corrected chi connectivity index (χ0v) is 22.1. The first-order valence-electron chi connectivity index (χ1n) is 10.1. The molecule has 1 N–H and O–H groups in total. The van der Waals surface area contributed by atoms with E-state index in [1.165, 1.54) is 25.3 Å². The molecule has 174 valence electrons. The van der Waals surface area contributed by atoms with E-state index in [2.05, 4.69) is 54.6 Å². The van der Waals surface area contributed by atoms with Crippen molar-refractivity contribution in [2.45, 2.75) is 6.61 Å². The zero-order valence-electron chi connectivity index (χ0n) is 18.3. The van der Waals surface area contributed by atoms with Crippen molar-refractivity contribution in [3.8, 4) is 17.9 Å². The summed E-state index contributed by atoms with van der Waals surface area (Å²) < 4.78 is 12.0. The second-order valence-electron chi connectivity index (χ2n) is 7.06. The molecule has 0 spiro atoms. The lowest BCUT2D eigenvalue weighted by Gasteiger charge is -2.12. The van der Waals surface area contributed by atoms with Gasteiger partial charge in [0.05, 0.1) is 32.3 Å². The second-order valence-corrected chi connectivity index (χ2v) is 9.08. The summed E-state index contributed by atoms with van der Waals surface area (Å²) in [5.74, 6) is -0.482. The Bertz CT molecular complexity index is 1370. The van der Waals surface area contributed by atoms with Crippen molar-refractivity contribution < 1.29 is 19.1 Å². The standard InChI is InChI=1S/C26H17BrIN3O4/c1-34-26(33)17-6-8-21(9-7-17)31-25(32)20(14-30)10-16-11-22(27)24(23(28)12-16)35-15-19-5-3-2-4-18(19)13-29/h2-12H,15H2,1H3,(H,31,32)/b20-10+. The Morgan fingerprint density at radius 1 is 1.11 bits per heavy atom. The Balaban J connectivity index is 1.76. The molecular weight excluding hydrogens is 625 g/mol. The van der Waals surface area contributed by atoms with Crippen molar-refractivity contribution in [3.05, 3.63) is 96.5 Å². The number of halogens is 2. The number of nitrogens with zero attached hydrogens (tertiary/aromatic N) is 2. The molecule has 0 aliphatic heterocycles. The predicted octanol–water partition coefficient (Wildman–Crippen LogP) is 5.84. The quantitative estimate of drug-likeness (QED) is 0.150. The number of methoxy groups -OCH3 is 1. The van der Waals surface area contributed by atoms with E-state index in [9.17, 15) is 20.1 Å². The summed E-state index contributed by atoms with van der Waals surface area (Å²) >= 11 is 5.60. The number of anilines is 1. The fourth-order valence-electron chi connectivity index (χ4n) is 3.03. The van der Waals surface area contributed by atoms with Crippen molar-refractivity contribution in [2.24, 2.45) is 0 Å². The molecule has 35 heavy (non-hydrogen) atoms. The van der Waals surface area contributed by atoms with Gasteiger partial charge in [0.1, 0.15) is 24.0 Å². The van der Waals surface area contributed by atoms with E-state index < -0.39 is 11.9 Å². The number of esters is 1. The van der Waals surface area contributed by atoms with Gasteiger partial charge in [-0.15, -0.1) is 0 Å². The second kappa shape index (κ2) is 12.2. The van der Waals surface area contributed by atoms with Crippen LogP contribution < -0.4 is 10.1 Å². The molecule has 0 radical (unpaired) electrons. The first-order valence-corrected chi connectivity index (χ1v) is 11.9. The van der Waals surface area contributed by atoms with E-state index in [1.807, 2.05) is 18.2 Å². The lowest BCUT2D eigenvalue weighted by atomic mass is 10.1. The van der Waals surface area contributed by atoms with Crippen LogP contribution in [0.25, 0.3) is 6.08 Å². The van der Waals surface area contributed by atoms with Crippen molar-refractivity contribution >= 4 is 62.2 Å². The number of carbonyl (C=O) groups excluding carboxylic acids is 2. The van der Waals surface area contributed by atoms with Gasteiger partial charge in [-0.1, -0.05) is 18.2 Å². The van der Waals surface area contributed by atoms with Crippen LogP contribution >= 0.6 is 38.5 Å². The minimum atomic E-state index is -0.585. The van der Waals surface area contributed by atoms with Gasteiger partial charge in [-0.3, -0.25) is 4.79 Å². The van der Waals surface area contributed by atoms with Crippen LogP contribution in [0.5, 0.6) is 5.75 Å². The molecular formula is C26H17BrIN3O4. The minimum Gasteiger partial charge on any atom is -0.487 e. The summed E-state index contributed by atoms with van der Waals surface area (Å²) in [6.07, 6.45) is 1.47. The van der Waals surface area contributed by atoms with E-state index in [1.54, 1.807) is 36.4 Å². The van der Waals surface area contributed by atoms with Gasteiger partial charge in [-0.2, -0.15) is 10.5 Å². The third kappa shape index (κ3) is 6.69. The lowest BCUT2D eigenvalue weighted by molar-refractivity contribution is -0.112. The van der Waals surface area contributed by atoms with E-state index >= 15 is 0 Å². The molecule has 0 atom stereocenters. The molecule has 0 saturated carbocycles. The Morgan fingerprint density at radius 2 is 1.83 bits per heavy atom. The number of benzene rings is 3. The Morgan fingerprint density at radius 3 is 2.46 bits per heavy atom. The topological polar surface area (TPSA) is 112 Å². The summed E-state index contributed by atoms with van der Waals surface area (Å²) in [5.41, 5.74) is 2.62. The summed E-state index contributed by atoms with van der Waals surface area (Å²) in [5, 5.41) is 21.4. The van der Waals surface area contributed by atoms with Gasteiger partial charge in [0.2, 0.25) is 0 Å². The molecule has 0 aliphatic carbocycles. The molecule has 0 bridgehead atoms. The fraction of sp³-hybridized carbons (Fsp3) is 0.0769. The van der Waals surface area contributed by atoms with Gasteiger partial charge >= 0.3 is 5.97 Å². The van der Waals surface area contributed by atoms with Crippen molar-refractivity contribution in [2.75, 3.05) is 12.4 Å². The molecule has 0 aliphatic rings. The molecule has 0 heterocycles. The third-order valence-electron chi connectivity index (χ3n) is 4.77. The normalized spacial score (nSPS) is 10.6. The monoisotopic (exact) mass is 641 g/mol. The number of hydrogen-bond acceptors (Lipinski definition) is 6. The highest BCUT2D eigenvalue weighted by Gasteiger charge is 2.14. The van der Waals surface area contributed by atoms with E-state index in [0.717, 1.165) is 9.13 Å². The zero-order chi connectivity index (χ0) is 25.4. The van der Waals surface area contributed by atoms with Gasteiger partial charge in [0, 0.05) is 11.3 Å². The molecule has 0 fully saturated rings. The molecule has 1 amide bonds. The van der Waals surface area contributed by atoms with E-state index in [0.29, 0.717) is 32.6 Å². The van der Waals surface area contributed by atoms with Gasteiger partial charge < -0.3 is 14.8 Å². The highest BCUT2D eigenvalue weighted by Crippen LogP contribution is 2.33. The van der Waals surface area contributed by atoms with Crippen LogP contribution in [0.3, 0.4) is 0 Å². The summed E-state index contributed by atoms with van der Waals surface area (Å²) in [6.45, 7) is 0.216. The highest BCUT2D eigenvalue weighted by atomic mass is 127. The Hall–Kier alpha value is -3.67. The largest absolute Gasteiger partial charge is 0.487 e. The van der Waals surface area contributed by atoms with Crippen molar-refractivity contribution in [1.82, 2.24) is 0 Å². The Labute approximate surface area is 224 Å². The van der Waals surface area contributed by atoms with Crippen LogP contribution in [0.2, 0.25) is 0 Å². The van der Waals surface area contributed by atoms with Crippen LogP contribution in [0.15, 0.2) is 70.7 Å². The van der Waals surface area contributed by atoms with E-state index in [-0.39, 0.29) is 12.2 Å². The first-order chi connectivity index (χ1) is 16.9. The smallest absolute Gasteiger partial charge is 0.337 e. The van der Waals surface area contributed by atoms with Gasteiger partial charge in [-0.05, 0) is 92.6 Å². The van der Waals surface area contributed by atoms with Crippen LogP contribution in [-0.2, 0) is 16.1 Å². The molecule has 3 aromatic rings. The van der Waals surface area contributed by atoms with Gasteiger partial charge in [-0.25, -0.2) is 4.79 Å². The summed E-state index contributed by atoms with van der Waals surface area (Å²) in [7, 11) is 1.29. The molecule has 0 aromatic heterocycles. The molecule has 9 heteroatoms. The molecule has 7 nitrogen and oxygen atoms in total. The number of amides is 1. The van der Waals surface area contributed by atoms with Crippen molar-refractivity contribution in [1.29, 1.82) is 10.5 Å². The average Bonchev–Trinajstić information content (AvgIpc) is 2.86. The maximum Gasteiger partial charge on any atom is 0.337 e. The highest BCUT2D eigenvalue weighted by molar-refractivity contribution is 14.1. The maximum absolute atomic E-state index is 12.6. The van der Waals surface area contributed by atoms with Crippen LogP contribution in [-0.4, -0.2) is 19.0 Å². The predicted molar refractivity (Wildman–Crippen MR) is 142 cm³/mol. The summed E-state index contributed by atoms with van der Waals surface area (Å²) in [6, 6.07) is 20.9. The van der Waals surface area contributed by atoms with E-state index in [4.69, 9.17) is 4.74 Å². The number of nitrogens with one attached hydrogen (secondary N) is 1. The van der Waals surface area contributed by atoms with Crippen molar-refractivity contribution in [3.63, 3.8) is 0 Å². The van der Waals surface area contributed by atoms with Gasteiger partial charge in [0.15, 0.2) is 0 Å². The molecule has 3 rings (SSSR count). The van der Waals surface area contributed by atoms with Crippen LogP contribution in [0.4, 0.5) is 5.69 Å². The molecule has 0 saturated heterocycles. The van der Waals surface area contributed by atoms with Gasteiger partial charge in [0.25, 0.3) is 5.91 Å². The minimum absolute atomic E-state index is 0.0960. The lowest BCUT2D eigenvalue weighted by Crippen LogP contribution is -2.13. The van der Waals surface area contributed by atoms with Crippen LogP contribution in [0.1, 0.15) is 27.0 Å². The average molecular weight is 642 g/mol. The number of ether oxygens (including phenoxy) is 2. The summed E-state index contributed by atoms with van der Waals surface area (Å²) in [4.78, 5) is 24.2. The third-order valence-corrected chi connectivity index (χ3v) is 6.16. The number of rotatable bonds is 7. The Kier molecular flexibility index (Phi) is 9.01. The molecule has 0 unspecified atom stereocenters.